The Kier molecular flexibility index (Phi) is 5.38. The molecule has 0 heterocycles. The van der Waals surface area contributed by atoms with E-state index in [9.17, 15) is 18.0 Å². The lowest BCUT2D eigenvalue weighted by atomic mass is 10.1. The second-order valence-electron chi connectivity index (χ2n) is 4.49. The number of amides is 1. The quantitative estimate of drug-likeness (QED) is 0.872. The molecule has 0 bridgehead atoms. The first-order valence-corrected chi connectivity index (χ1v) is 6.01. The summed E-state index contributed by atoms with van der Waals surface area (Å²) in [6.45, 7) is 1.78. The Labute approximate surface area is 115 Å². The first kappa shape index (κ1) is 16.3. The summed E-state index contributed by atoms with van der Waals surface area (Å²) in [5.41, 5.74) is 7.40. The molecular formula is C13H17F3N2O2. The summed E-state index contributed by atoms with van der Waals surface area (Å²) in [5.74, 6) is -0.380. The third-order valence-corrected chi connectivity index (χ3v) is 2.57. The van der Waals surface area contributed by atoms with E-state index in [0.717, 1.165) is 11.1 Å². The van der Waals surface area contributed by atoms with Gasteiger partial charge >= 0.3 is 6.18 Å². The van der Waals surface area contributed by atoms with E-state index in [1.54, 1.807) is 24.4 Å². The maximum Gasteiger partial charge on any atom is 0.405 e. The lowest BCUT2D eigenvalue weighted by molar-refractivity contribution is -0.139. The summed E-state index contributed by atoms with van der Waals surface area (Å²) in [4.78, 5) is 11.2. The zero-order chi connectivity index (χ0) is 15.3. The molecule has 0 radical (unpaired) electrons. The van der Waals surface area contributed by atoms with Crippen LogP contribution in [0.25, 0.3) is 0 Å². The molecule has 0 aliphatic carbocycles. The molecule has 4 nitrogen and oxygen atoms in total. The molecule has 1 amide bonds. The van der Waals surface area contributed by atoms with E-state index in [4.69, 9.17) is 10.5 Å². The largest absolute Gasteiger partial charge is 0.484 e. The molecule has 0 saturated carbocycles. The van der Waals surface area contributed by atoms with E-state index in [0.29, 0.717) is 5.75 Å². The number of carbonyl (C=O) groups excluding carboxylic acids is 1. The van der Waals surface area contributed by atoms with Crippen molar-refractivity contribution >= 4 is 5.91 Å². The molecule has 3 N–H and O–H groups in total. The van der Waals surface area contributed by atoms with Gasteiger partial charge in [0.05, 0.1) is 0 Å². The van der Waals surface area contributed by atoms with Gasteiger partial charge in [-0.2, -0.15) is 13.2 Å². The standard InChI is InChI=1S/C13H17F3N2O2/c1-8-5-10(9(2)17)3-4-11(8)20-6-12(19)18-7-13(14,15)16/h3-5,9H,6-7,17H2,1-2H3,(H,18,19). The first-order valence-electron chi connectivity index (χ1n) is 6.01. The molecule has 1 rings (SSSR count). The molecule has 0 aromatic heterocycles. The summed E-state index contributed by atoms with van der Waals surface area (Å²) in [5, 5.41) is 1.73. The van der Waals surface area contributed by atoms with Crippen LogP contribution in [0.15, 0.2) is 18.2 Å². The minimum absolute atomic E-state index is 0.127. The molecule has 0 fully saturated rings. The van der Waals surface area contributed by atoms with Gasteiger partial charge in [-0.1, -0.05) is 12.1 Å². The highest BCUT2D eigenvalue weighted by Gasteiger charge is 2.27. The van der Waals surface area contributed by atoms with Crippen LogP contribution in [0.1, 0.15) is 24.1 Å². The topological polar surface area (TPSA) is 64.3 Å². The van der Waals surface area contributed by atoms with Crippen LogP contribution >= 0.6 is 0 Å². The van der Waals surface area contributed by atoms with Crippen molar-refractivity contribution in [3.63, 3.8) is 0 Å². The third-order valence-electron chi connectivity index (χ3n) is 2.57. The number of hydrogen-bond donors (Lipinski definition) is 2. The monoisotopic (exact) mass is 290 g/mol. The molecule has 1 unspecified atom stereocenters. The smallest absolute Gasteiger partial charge is 0.405 e. The minimum atomic E-state index is -4.43. The molecule has 0 spiro atoms. The molecule has 20 heavy (non-hydrogen) atoms. The molecule has 0 aliphatic rings. The Hall–Kier alpha value is -1.76. The summed E-state index contributed by atoms with van der Waals surface area (Å²) < 4.78 is 40.9. The number of halogens is 3. The van der Waals surface area contributed by atoms with Gasteiger partial charge in [0.25, 0.3) is 5.91 Å². The molecule has 1 aromatic rings. The highest BCUT2D eigenvalue weighted by Crippen LogP contribution is 2.21. The Morgan fingerprint density at radius 1 is 1.45 bits per heavy atom. The fourth-order valence-corrected chi connectivity index (χ4v) is 1.51. The van der Waals surface area contributed by atoms with Crippen molar-refractivity contribution in [3.05, 3.63) is 29.3 Å². The van der Waals surface area contributed by atoms with E-state index in [2.05, 4.69) is 0 Å². The van der Waals surface area contributed by atoms with Crippen molar-refractivity contribution in [1.82, 2.24) is 5.32 Å². The SMILES string of the molecule is Cc1cc(C(C)N)ccc1OCC(=O)NCC(F)(F)F. The van der Waals surface area contributed by atoms with Crippen molar-refractivity contribution < 1.29 is 22.7 Å². The number of benzene rings is 1. The normalized spacial score (nSPS) is 12.9. The maximum absolute atomic E-state index is 11.9. The summed E-state index contributed by atoms with van der Waals surface area (Å²) in [6.07, 6.45) is -4.43. The number of carbonyl (C=O) groups is 1. The number of ether oxygens (including phenoxy) is 1. The number of nitrogens with one attached hydrogen (secondary N) is 1. The Balaban J connectivity index is 2.51. The second kappa shape index (κ2) is 6.60. The highest BCUT2D eigenvalue weighted by molar-refractivity contribution is 5.77. The zero-order valence-electron chi connectivity index (χ0n) is 11.3. The highest BCUT2D eigenvalue weighted by atomic mass is 19.4. The summed E-state index contributed by atoms with van der Waals surface area (Å²) in [6, 6.07) is 5.08. The third kappa shape index (κ3) is 5.48. The maximum atomic E-state index is 11.9. The van der Waals surface area contributed by atoms with Crippen LogP contribution in [0.3, 0.4) is 0 Å². The molecule has 112 valence electrons. The van der Waals surface area contributed by atoms with Crippen molar-refractivity contribution in [1.29, 1.82) is 0 Å². The Morgan fingerprint density at radius 2 is 2.10 bits per heavy atom. The van der Waals surface area contributed by atoms with Gasteiger partial charge in [-0.05, 0) is 31.0 Å². The van der Waals surface area contributed by atoms with Gasteiger partial charge < -0.3 is 15.8 Å². The van der Waals surface area contributed by atoms with Crippen LogP contribution in [0.2, 0.25) is 0 Å². The van der Waals surface area contributed by atoms with Crippen molar-refractivity contribution in [2.24, 2.45) is 5.73 Å². The average Bonchev–Trinajstić information content (AvgIpc) is 2.33. The molecule has 1 aromatic carbocycles. The van der Waals surface area contributed by atoms with Crippen LogP contribution in [0.5, 0.6) is 5.75 Å². The predicted octanol–water partition coefficient (Wildman–Crippen LogP) is 2.07. The van der Waals surface area contributed by atoms with E-state index < -0.39 is 25.2 Å². The van der Waals surface area contributed by atoms with E-state index in [1.165, 1.54) is 0 Å². The second-order valence-corrected chi connectivity index (χ2v) is 4.49. The molecule has 7 heteroatoms. The molecule has 0 saturated heterocycles. The van der Waals surface area contributed by atoms with Crippen molar-refractivity contribution in [3.8, 4) is 5.75 Å². The van der Waals surface area contributed by atoms with E-state index in [1.807, 2.05) is 13.0 Å². The molecule has 0 aliphatic heterocycles. The van der Waals surface area contributed by atoms with Crippen LogP contribution in [-0.4, -0.2) is 25.2 Å². The number of aryl methyl sites for hydroxylation is 1. The van der Waals surface area contributed by atoms with Crippen molar-refractivity contribution in [2.75, 3.05) is 13.2 Å². The van der Waals surface area contributed by atoms with Gasteiger partial charge in [0, 0.05) is 6.04 Å². The van der Waals surface area contributed by atoms with E-state index >= 15 is 0 Å². The predicted molar refractivity (Wildman–Crippen MR) is 68.3 cm³/mol. The van der Waals surface area contributed by atoms with Gasteiger partial charge in [-0.15, -0.1) is 0 Å². The average molecular weight is 290 g/mol. The van der Waals surface area contributed by atoms with Gasteiger partial charge in [0.2, 0.25) is 0 Å². The summed E-state index contributed by atoms with van der Waals surface area (Å²) in [7, 11) is 0. The van der Waals surface area contributed by atoms with Gasteiger partial charge in [-0.3, -0.25) is 4.79 Å². The van der Waals surface area contributed by atoms with Crippen LogP contribution in [0.4, 0.5) is 13.2 Å². The summed E-state index contributed by atoms with van der Waals surface area (Å²) >= 11 is 0. The fraction of sp³-hybridized carbons (Fsp3) is 0.462. The minimum Gasteiger partial charge on any atom is -0.484 e. The van der Waals surface area contributed by atoms with Gasteiger partial charge in [0.15, 0.2) is 6.61 Å². The molecular weight excluding hydrogens is 273 g/mol. The Morgan fingerprint density at radius 3 is 2.60 bits per heavy atom. The number of nitrogens with two attached hydrogens (primary N) is 1. The Bertz CT molecular complexity index is 473. The van der Waals surface area contributed by atoms with Crippen molar-refractivity contribution in [2.45, 2.75) is 26.1 Å². The van der Waals surface area contributed by atoms with E-state index in [-0.39, 0.29) is 6.04 Å². The van der Waals surface area contributed by atoms with Crippen LogP contribution < -0.4 is 15.8 Å². The van der Waals surface area contributed by atoms with Gasteiger partial charge in [-0.25, -0.2) is 0 Å². The number of hydrogen-bond acceptors (Lipinski definition) is 3. The van der Waals surface area contributed by atoms with Gasteiger partial charge in [0.1, 0.15) is 12.3 Å². The lowest BCUT2D eigenvalue weighted by Gasteiger charge is -2.13. The zero-order valence-corrected chi connectivity index (χ0v) is 11.3. The molecule has 1 atom stereocenters. The first-order chi connectivity index (χ1) is 9.19. The van der Waals surface area contributed by atoms with Crippen LogP contribution in [-0.2, 0) is 4.79 Å². The van der Waals surface area contributed by atoms with Crippen LogP contribution in [0, 0.1) is 6.92 Å². The fourth-order valence-electron chi connectivity index (χ4n) is 1.51. The lowest BCUT2D eigenvalue weighted by Crippen LogP contribution is -2.36. The number of alkyl halides is 3. The number of rotatable bonds is 5.